The molecule has 0 spiro atoms. The van der Waals surface area contributed by atoms with Gasteiger partial charge in [-0.05, 0) is 43.6 Å². The molecule has 0 saturated carbocycles. The number of nitrogens with zero attached hydrogens (tertiary/aromatic N) is 2. The smallest absolute Gasteiger partial charge is 0.241 e. The Morgan fingerprint density at radius 3 is 2.67 bits per heavy atom. The number of amides is 1. The number of aromatic nitrogens is 1. The van der Waals surface area contributed by atoms with Gasteiger partial charge in [-0.3, -0.25) is 9.69 Å². The van der Waals surface area contributed by atoms with E-state index in [9.17, 15) is 9.18 Å². The quantitative estimate of drug-likeness (QED) is 0.873. The van der Waals surface area contributed by atoms with Crippen LogP contribution in [0.1, 0.15) is 35.9 Å². The number of carbonyl (C=O) groups excluding carboxylic acids is 1. The Morgan fingerprint density at radius 2 is 2.00 bits per heavy atom. The maximum absolute atomic E-state index is 13.2. The molecule has 2 aromatic rings. The Morgan fingerprint density at radius 1 is 1.25 bits per heavy atom. The molecule has 1 amide bonds. The van der Waals surface area contributed by atoms with E-state index in [1.807, 2.05) is 5.38 Å². The predicted molar refractivity (Wildman–Crippen MR) is 93.4 cm³/mol. The molecule has 1 aromatic heterocycles. The summed E-state index contributed by atoms with van der Waals surface area (Å²) >= 11 is 1.59. The Kier molecular flexibility index (Phi) is 5.93. The highest BCUT2D eigenvalue weighted by Gasteiger charge is 2.28. The van der Waals surface area contributed by atoms with Crippen molar-refractivity contribution in [1.29, 1.82) is 0 Å². The van der Waals surface area contributed by atoms with Gasteiger partial charge in [0.25, 0.3) is 0 Å². The molecule has 1 atom stereocenters. The first-order chi connectivity index (χ1) is 11.7. The van der Waals surface area contributed by atoms with Gasteiger partial charge in [0.05, 0.1) is 5.01 Å². The van der Waals surface area contributed by atoms with E-state index in [1.165, 1.54) is 18.6 Å². The van der Waals surface area contributed by atoms with Gasteiger partial charge in [0.1, 0.15) is 11.9 Å². The lowest BCUT2D eigenvalue weighted by molar-refractivity contribution is -0.127. The number of rotatable bonds is 6. The van der Waals surface area contributed by atoms with Crippen LogP contribution < -0.4 is 5.32 Å². The van der Waals surface area contributed by atoms with Crippen LogP contribution in [0.3, 0.4) is 0 Å². The molecule has 1 N–H and O–H groups in total. The minimum atomic E-state index is -0.345. The maximum atomic E-state index is 13.2. The van der Waals surface area contributed by atoms with Crippen molar-refractivity contribution in [3.63, 3.8) is 0 Å². The Labute approximate surface area is 145 Å². The van der Waals surface area contributed by atoms with Crippen LogP contribution in [0.15, 0.2) is 35.8 Å². The van der Waals surface area contributed by atoms with E-state index >= 15 is 0 Å². The molecule has 1 aliphatic heterocycles. The summed E-state index contributed by atoms with van der Waals surface area (Å²) in [5.41, 5.74) is 0.852. The molecule has 24 heavy (non-hydrogen) atoms. The summed E-state index contributed by atoms with van der Waals surface area (Å²) in [6, 6.07) is 5.94. The number of halogens is 1. The topological polar surface area (TPSA) is 45.2 Å². The fourth-order valence-electron chi connectivity index (χ4n) is 3.12. The fourth-order valence-corrected chi connectivity index (χ4v) is 3.74. The minimum Gasteiger partial charge on any atom is -0.354 e. The van der Waals surface area contributed by atoms with Gasteiger partial charge in [0.15, 0.2) is 0 Å². The molecule has 6 heteroatoms. The average Bonchev–Trinajstić information content (AvgIpc) is 3.11. The molecule has 0 aliphatic carbocycles. The van der Waals surface area contributed by atoms with E-state index in [1.54, 1.807) is 29.7 Å². The number of nitrogens with one attached hydrogen (secondary N) is 1. The third kappa shape index (κ3) is 4.39. The number of likely N-dealkylation sites (tertiary alicyclic amines) is 1. The van der Waals surface area contributed by atoms with Gasteiger partial charge < -0.3 is 5.32 Å². The second-order valence-corrected chi connectivity index (χ2v) is 7.00. The van der Waals surface area contributed by atoms with Crippen LogP contribution in [0, 0.1) is 5.82 Å². The van der Waals surface area contributed by atoms with Crippen molar-refractivity contribution in [2.45, 2.75) is 31.7 Å². The Balaban J connectivity index is 1.68. The molecule has 0 radical (unpaired) electrons. The van der Waals surface area contributed by atoms with Crippen molar-refractivity contribution in [3.05, 3.63) is 52.2 Å². The van der Waals surface area contributed by atoms with E-state index in [2.05, 4.69) is 15.2 Å². The number of thiazole rings is 1. The lowest BCUT2D eigenvalue weighted by atomic mass is 10.0. The van der Waals surface area contributed by atoms with E-state index in [0.29, 0.717) is 6.54 Å². The Bertz CT molecular complexity index is 639. The van der Waals surface area contributed by atoms with E-state index in [0.717, 1.165) is 42.9 Å². The Hall–Kier alpha value is -1.79. The van der Waals surface area contributed by atoms with Gasteiger partial charge in [0, 0.05) is 24.5 Å². The molecule has 1 fully saturated rings. The van der Waals surface area contributed by atoms with Crippen molar-refractivity contribution in [1.82, 2.24) is 15.2 Å². The molecule has 1 aliphatic rings. The van der Waals surface area contributed by atoms with Gasteiger partial charge in [-0.2, -0.15) is 0 Å². The minimum absolute atomic E-state index is 0.0138. The van der Waals surface area contributed by atoms with Crippen LogP contribution >= 0.6 is 11.3 Å². The van der Waals surface area contributed by atoms with Gasteiger partial charge in [0.2, 0.25) is 5.91 Å². The van der Waals surface area contributed by atoms with Gasteiger partial charge in [-0.25, -0.2) is 9.37 Å². The molecule has 1 aromatic carbocycles. The van der Waals surface area contributed by atoms with Crippen molar-refractivity contribution in [3.8, 4) is 0 Å². The molecular formula is C18H22FN3OS. The van der Waals surface area contributed by atoms with E-state index in [-0.39, 0.29) is 17.8 Å². The van der Waals surface area contributed by atoms with Gasteiger partial charge in [-0.15, -0.1) is 11.3 Å². The van der Waals surface area contributed by atoms with Crippen LogP contribution in [0.2, 0.25) is 0 Å². The first kappa shape index (κ1) is 17.0. The molecular weight excluding hydrogens is 325 g/mol. The molecule has 1 saturated heterocycles. The number of piperidine rings is 1. The molecule has 0 bridgehead atoms. The summed E-state index contributed by atoms with van der Waals surface area (Å²) in [5, 5.41) is 5.98. The zero-order valence-electron chi connectivity index (χ0n) is 13.6. The van der Waals surface area contributed by atoms with Crippen LogP contribution in [-0.2, 0) is 11.2 Å². The third-order valence-electron chi connectivity index (χ3n) is 4.31. The van der Waals surface area contributed by atoms with E-state index in [4.69, 9.17) is 0 Å². The monoisotopic (exact) mass is 347 g/mol. The fraction of sp³-hybridized carbons (Fsp3) is 0.444. The number of benzene rings is 1. The summed E-state index contributed by atoms with van der Waals surface area (Å²) in [6.45, 7) is 2.38. The van der Waals surface area contributed by atoms with Crippen molar-refractivity contribution >= 4 is 17.2 Å². The molecule has 4 nitrogen and oxygen atoms in total. The second kappa shape index (κ2) is 8.35. The van der Waals surface area contributed by atoms with Crippen LogP contribution in [0.5, 0.6) is 0 Å². The normalized spacial score (nSPS) is 16.7. The largest absolute Gasteiger partial charge is 0.354 e. The average molecular weight is 347 g/mol. The summed E-state index contributed by atoms with van der Waals surface area (Å²) < 4.78 is 13.2. The van der Waals surface area contributed by atoms with Gasteiger partial charge >= 0.3 is 0 Å². The van der Waals surface area contributed by atoms with Crippen LogP contribution in [0.25, 0.3) is 0 Å². The molecule has 128 valence electrons. The number of hydrogen-bond donors (Lipinski definition) is 1. The highest BCUT2D eigenvalue weighted by Crippen LogP contribution is 2.25. The first-order valence-corrected chi connectivity index (χ1v) is 9.27. The van der Waals surface area contributed by atoms with Gasteiger partial charge in [-0.1, -0.05) is 18.6 Å². The maximum Gasteiger partial charge on any atom is 0.241 e. The highest BCUT2D eigenvalue weighted by atomic mass is 32.1. The summed E-state index contributed by atoms with van der Waals surface area (Å²) in [7, 11) is 0. The van der Waals surface area contributed by atoms with E-state index < -0.39 is 0 Å². The summed E-state index contributed by atoms with van der Waals surface area (Å²) in [5.74, 6) is -0.291. The second-order valence-electron chi connectivity index (χ2n) is 6.02. The number of hydrogen-bond acceptors (Lipinski definition) is 4. The lowest BCUT2D eigenvalue weighted by Crippen LogP contribution is -2.43. The van der Waals surface area contributed by atoms with Crippen molar-refractivity contribution in [2.75, 3.05) is 19.6 Å². The lowest BCUT2D eigenvalue weighted by Gasteiger charge is -2.34. The summed E-state index contributed by atoms with van der Waals surface area (Å²) in [4.78, 5) is 19.2. The SMILES string of the molecule is O=C(NCCc1nccs1)[C@H](c1ccc(F)cc1)N1CCCCC1. The molecule has 0 unspecified atom stereocenters. The highest BCUT2D eigenvalue weighted by molar-refractivity contribution is 7.09. The predicted octanol–water partition coefficient (Wildman–Crippen LogP) is 3.17. The first-order valence-electron chi connectivity index (χ1n) is 8.39. The van der Waals surface area contributed by atoms with Crippen molar-refractivity contribution < 1.29 is 9.18 Å². The molecule has 3 rings (SSSR count). The summed E-state index contributed by atoms with van der Waals surface area (Å²) in [6.07, 6.45) is 5.92. The zero-order valence-corrected chi connectivity index (χ0v) is 14.4. The number of carbonyl (C=O) groups is 1. The zero-order chi connectivity index (χ0) is 16.8. The standard InChI is InChI=1S/C18H22FN3OS/c19-15-6-4-14(5-7-15)17(22-11-2-1-3-12-22)18(23)21-9-8-16-20-10-13-24-16/h4-7,10,13,17H,1-3,8-9,11-12H2,(H,21,23)/t17-/m0/s1. The van der Waals surface area contributed by atoms with Crippen LogP contribution in [0.4, 0.5) is 4.39 Å². The van der Waals surface area contributed by atoms with Crippen LogP contribution in [-0.4, -0.2) is 35.4 Å². The third-order valence-corrected chi connectivity index (χ3v) is 5.15. The molecule has 2 heterocycles. The van der Waals surface area contributed by atoms with Crippen molar-refractivity contribution in [2.24, 2.45) is 0 Å².